The second-order valence-electron chi connectivity index (χ2n) is 6.59. The smallest absolute Gasteiger partial charge is 0.227 e. The summed E-state index contributed by atoms with van der Waals surface area (Å²) in [4.78, 5) is 14.4. The highest BCUT2D eigenvalue weighted by Crippen LogP contribution is 2.33. The minimum Gasteiger partial charge on any atom is -0.324 e. The molecular weight excluding hydrogens is 236 g/mol. The molecule has 1 aliphatic rings. The Morgan fingerprint density at radius 1 is 1.37 bits per heavy atom. The van der Waals surface area contributed by atoms with Gasteiger partial charge < -0.3 is 10.6 Å². The lowest BCUT2D eigenvalue weighted by molar-refractivity contribution is -0.120. The Hall–Kier alpha value is -1.35. The van der Waals surface area contributed by atoms with Gasteiger partial charge in [-0.1, -0.05) is 39.0 Å². The van der Waals surface area contributed by atoms with Crippen molar-refractivity contribution in [2.45, 2.75) is 46.1 Å². The third-order valence-electron chi connectivity index (χ3n) is 3.51. The van der Waals surface area contributed by atoms with Gasteiger partial charge in [-0.15, -0.1) is 0 Å². The molecule has 1 heterocycles. The average Bonchev–Trinajstić information content (AvgIpc) is 2.47. The fourth-order valence-corrected chi connectivity index (χ4v) is 2.60. The number of fused-ring (bicyclic) bond motifs is 1. The monoisotopic (exact) mass is 260 g/mol. The molecule has 0 radical (unpaired) electrons. The minimum atomic E-state index is 0.0143. The van der Waals surface area contributed by atoms with Gasteiger partial charge >= 0.3 is 0 Å². The van der Waals surface area contributed by atoms with E-state index in [2.05, 4.69) is 20.8 Å². The molecule has 1 aromatic rings. The predicted molar refractivity (Wildman–Crippen MR) is 79.0 cm³/mol. The topological polar surface area (TPSA) is 46.3 Å². The molecule has 1 unspecified atom stereocenters. The predicted octanol–water partition coefficient (Wildman–Crippen LogP) is 3.25. The SMILES string of the molecule is CC(C)(C)CC(=O)N1CCCC(N)c2ccccc21. The van der Waals surface area contributed by atoms with E-state index in [4.69, 9.17) is 5.73 Å². The van der Waals surface area contributed by atoms with Crippen LogP contribution in [0.3, 0.4) is 0 Å². The highest BCUT2D eigenvalue weighted by Gasteiger charge is 2.26. The highest BCUT2D eigenvalue weighted by molar-refractivity contribution is 5.94. The molecule has 1 aliphatic heterocycles. The molecule has 0 saturated heterocycles. The van der Waals surface area contributed by atoms with Gasteiger partial charge in [0.1, 0.15) is 0 Å². The molecule has 1 amide bonds. The van der Waals surface area contributed by atoms with Crippen LogP contribution in [0.5, 0.6) is 0 Å². The molecule has 2 N–H and O–H groups in total. The Balaban J connectivity index is 2.31. The zero-order valence-corrected chi connectivity index (χ0v) is 12.1. The summed E-state index contributed by atoms with van der Waals surface area (Å²) in [6.07, 6.45) is 2.47. The molecule has 3 nitrogen and oxygen atoms in total. The van der Waals surface area contributed by atoms with E-state index in [0.29, 0.717) is 6.42 Å². The van der Waals surface area contributed by atoms with E-state index >= 15 is 0 Å². The van der Waals surface area contributed by atoms with Gasteiger partial charge in [0, 0.05) is 24.7 Å². The van der Waals surface area contributed by atoms with Crippen LogP contribution in [0.15, 0.2) is 24.3 Å². The minimum absolute atomic E-state index is 0.0143. The summed E-state index contributed by atoms with van der Waals surface area (Å²) in [5, 5.41) is 0. The summed E-state index contributed by atoms with van der Waals surface area (Å²) in [7, 11) is 0. The first-order chi connectivity index (χ1) is 8.88. The van der Waals surface area contributed by atoms with Gasteiger partial charge in [0.05, 0.1) is 0 Å². The first-order valence-corrected chi connectivity index (χ1v) is 7.03. The molecule has 0 spiro atoms. The van der Waals surface area contributed by atoms with Crippen molar-refractivity contribution < 1.29 is 4.79 Å². The van der Waals surface area contributed by atoms with Gasteiger partial charge in [-0.25, -0.2) is 0 Å². The third kappa shape index (κ3) is 3.35. The van der Waals surface area contributed by atoms with Gasteiger partial charge in [-0.2, -0.15) is 0 Å². The molecule has 0 bridgehead atoms. The molecular formula is C16H24N2O. The maximum atomic E-state index is 12.5. The zero-order chi connectivity index (χ0) is 14.0. The number of hydrogen-bond donors (Lipinski definition) is 1. The summed E-state index contributed by atoms with van der Waals surface area (Å²) in [5.74, 6) is 0.203. The second-order valence-corrected chi connectivity index (χ2v) is 6.59. The van der Waals surface area contributed by atoms with Crippen molar-refractivity contribution in [2.75, 3.05) is 11.4 Å². The molecule has 3 heteroatoms. The molecule has 2 rings (SSSR count). The van der Waals surface area contributed by atoms with Crippen LogP contribution in [0.1, 0.15) is 51.6 Å². The van der Waals surface area contributed by atoms with Crippen molar-refractivity contribution in [1.82, 2.24) is 0 Å². The normalized spacial score (nSPS) is 19.8. The first kappa shape index (κ1) is 14.1. The maximum absolute atomic E-state index is 12.5. The molecule has 0 saturated carbocycles. The van der Waals surface area contributed by atoms with Crippen molar-refractivity contribution >= 4 is 11.6 Å². The summed E-state index contributed by atoms with van der Waals surface area (Å²) < 4.78 is 0. The fourth-order valence-electron chi connectivity index (χ4n) is 2.60. The first-order valence-electron chi connectivity index (χ1n) is 7.03. The van der Waals surface area contributed by atoms with Crippen LogP contribution in [0.2, 0.25) is 0 Å². The lowest BCUT2D eigenvalue weighted by Gasteiger charge is -2.27. The lowest BCUT2D eigenvalue weighted by Crippen LogP contribution is -2.34. The molecule has 0 aromatic heterocycles. The van der Waals surface area contributed by atoms with Crippen molar-refractivity contribution in [3.8, 4) is 0 Å². The Labute approximate surface area is 115 Å². The Bertz CT molecular complexity index is 462. The third-order valence-corrected chi connectivity index (χ3v) is 3.51. The van der Waals surface area contributed by atoms with E-state index in [1.54, 1.807) is 0 Å². The second kappa shape index (κ2) is 5.33. The number of para-hydroxylation sites is 1. The van der Waals surface area contributed by atoms with E-state index in [-0.39, 0.29) is 17.4 Å². The van der Waals surface area contributed by atoms with Gasteiger partial charge in [-0.3, -0.25) is 4.79 Å². The lowest BCUT2D eigenvalue weighted by atomic mass is 9.91. The van der Waals surface area contributed by atoms with Crippen molar-refractivity contribution in [3.05, 3.63) is 29.8 Å². The van der Waals surface area contributed by atoms with Crippen molar-refractivity contribution in [1.29, 1.82) is 0 Å². The standard InChI is InChI=1S/C16H24N2O/c1-16(2,3)11-15(19)18-10-6-8-13(17)12-7-4-5-9-14(12)18/h4-5,7,9,13H,6,8,10-11,17H2,1-3H3. The number of carbonyl (C=O) groups is 1. The van der Waals surface area contributed by atoms with Crippen molar-refractivity contribution in [3.63, 3.8) is 0 Å². The highest BCUT2D eigenvalue weighted by atomic mass is 16.2. The van der Waals surface area contributed by atoms with Crippen LogP contribution in [0, 0.1) is 5.41 Å². The van der Waals surface area contributed by atoms with Gasteiger partial charge in [-0.05, 0) is 29.9 Å². The number of anilines is 1. The summed E-state index contributed by atoms with van der Waals surface area (Å²) in [6, 6.07) is 8.08. The Kier molecular flexibility index (Phi) is 3.95. The van der Waals surface area contributed by atoms with Crippen LogP contribution in [-0.2, 0) is 4.79 Å². The quantitative estimate of drug-likeness (QED) is 0.842. The van der Waals surface area contributed by atoms with Crippen LogP contribution >= 0.6 is 0 Å². The number of nitrogens with two attached hydrogens (primary N) is 1. The molecule has 1 aromatic carbocycles. The summed E-state index contributed by atoms with van der Waals surface area (Å²) >= 11 is 0. The largest absolute Gasteiger partial charge is 0.324 e. The number of benzene rings is 1. The maximum Gasteiger partial charge on any atom is 0.227 e. The number of hydrogen-bond acceptors (Lipinski definition) is 2. The number of nitrogens with zero attached hydrogens (tertiary/aromatic N) is 1. The van der Waals surface area contributed by atoms with E-state index in [1.807, 2.05) is 29.2 Å². The van der Waals surface area contributed by atoms with Crippen LogP contribution in [-0.4, -0.2) is 12.5 Å². The Morgan fingerprint density at radius 2 is 2.05 bits per heavy atom. The number of amides is 1. The average molecular weight is 260 g/mol. The van der Waals surface area contributed by atoms with Crippen LogP contribution in [0.25, 0.3) is 0 Å². The van der Waals surface area contributed by atoms with Gasteiger partial charge in [0.25, 0.3) is 0 Å². The number of carbonyl (C=O) groups excluding carboxylic acids is 1. The summed E-state index contributed by atoms with van der Waals surface area (Å²) in [5.41, 5.74) is 8.31. The fraction of sp³-hybridized carbons (Fsp3) is 0.562. The zero-order valence-electron chi connectivity index (χ0n) is 12.1. The summed E-state index contributed by atoms with van der Waals surface area (Å²) in [6.45, 7) is 7.07. The van der Waals surface area contributed by atoms with Crippen LogP contribution in [0.4, 0.5) is 5.69 Å². The Morgan fingerprint density at radius 3 is 2.74 bits per heavy atom. The molecule has 0 aliphatic carbocycles. The van der Waals surface area contributed by atoms with Crippen molar-refractivity contribution in [2.24, 2.45) is 11.1 Å². The van der Waals surface area contributed by atoms with E-state index in [0.717, 1.165) is 30.6 Å². The van der Waals surface area contributed by atoms with Gasteiger partial charge in [0.15, 0.2) is 0 Å². The molecule has 19 heavy (non-hydrogen) atoms. The number of rotatable bonds is 1. The van der Waals surface area contributed by atoms with E-state index < -0.39 is 0 Å². The van der Waals surface area contributed by atoms with E-state index in [1.165, 1.54) is 0 Å². The van der Waals surface area contributed by atoms with E-state index in [9.17, 15) is 4.79 Å². The van der Waals surface area contributed by atoms with Gasteiger partial charge in [0.2, 0.25) is 5.91 Å². The molecule has 104 valence electrons. The van der Waals surface area contributed by atoms with Crippen LogP contribution < -0.4 is 10.6 Å². The molecule has 1 atom stereocenters. The molecule has 0 fully saturated rings.